The minimum absolute atomic E-state index is 0.0369. The molecule has 0 aliphatic heterocycles. The first-order valence-corrected chi connectivity index (χ1v) is 6.92. The molecule has 2 rings (SSSR count). The van der Waals surface area contributed by atoms with Gasteiger partial charge in [0.2, 0.25) is 0 Å². The number of non-ortho nitro benzene ring substituents is 1. The first-order valence-electron chi connectivity index (χ1n) is 6.92. The second-order valence-electron chi connectivity index (χ2n) is 4.99. The third-order valence-electron chi connectivity index (χ3n) is 3.38. The Morgan fingerprint density at radius 1 is 1.50 bits per heavy atom. The highest BCUT2D eigenvalue weighted by Crippen LogP contribution is 2.18. The van der Waals surface area contributed by atoms with E-state index in [2.05, 4.69) is 15.6 Å². The fourth-order valence-electron chi connectivity index (χ4n) is 1.92. The molecule has 2 aromatic rings. The SMILES string of the molecule is CCC(C)NC(=O)c1nnn(-c2cccc([N+](=O)[O-])c2)c1C. The van der Waals surface area contributed by atoms with Crippen molar-refractivity contribution in [2.45, 2.75) is 33.2 Å². The molecule has 0 saturated carbocycles. The zero-order chi connectivity index (χ0) is 16.3. The zero-order valence-corrected chi connectivity index (χ0v) is 12.6. The summed E-state index contributed by atoms with van der Waals surface area (Å²) in [6.07, 6.45) is 0.809. The molecule has 1 atom stereocenters. The number of nitrogens with zero attached hydrogens (tertiary/aromatic N) is 4. The van der Waals surface area contributed by atoms with Crippen molar-refractivity contribution in [3.05, 3.63) is 45.8 Å². The molecule has 0 aliphatic carbocycles. The third-order valence-corrected chi connectivity index (χ3v) is 3.38. The van der Waals surface area contributed by atoms with Crippen molar-refractivity contribution in [2.75, 3.05) is 0 Å². The normalized spacial score (nSPS) is 12.0. The second kappa shape index (κ2) is 6.33. The molecule has 1 aromatic heterocycles. The number of nitro benzene ring substituents is 1. The average molecular weight is 303 g/mol. The van der Waals surface area contributed by atoms with Gasteiger partial charge in [-0.15, -0.1) is 5.10 Å². The van der Waals surface area contributed by atoms with Gasteiger partial charge in [0.05, 0.1) is 16.3 Å². The van der Waals surface area contributed by atoms with Crippen molar-refractivity contribution in [1.29, 1.82) is 0 Å². The van der Waals surface area contributed by atoms with Crippen molar-refractivity contribution >= 4 is 11.6 Å². The highest BCUT2D eigenvalue weighted by atomic mass is 16.6. The van der Waals surface area contributed by atoms with Gasteiger partial charge in [0, 0.05) is 18.2 Å². The van der Waals surface area contributed by atoms with Crippen LogP contribution in [0.4, 0.5) is 5.69 Å². The predicted octanol–water partition coefficient (Wildman–Crippen LogP) is 2.01. The number of benzene rings is 1. The molecule has 1 unspecified atom stereocenters. The van der Waals surface area contributed by atoms with E-state index in [1.54, 1.807) is 19.1 Å². The Bertz CT molecular complexity index is 710. The minimum atomic E-state index is -0.480. The maximum atomic E-state index is 12.1. The van der Waals surface area contributed by atoms with Gasteiger partial charge in [-0.1, -0.05) is 18.2 Å². The summed E-state index contributed by atoms with van der Waals surface area (Å²) in [5.74, 6) is -0.302. The average Bonchev–Trinajstić information content (AvgIpc) is 2.89. The van der Waals surface area contributed by atoms with E-state index in [0.29, 0.717) is 11.4 Å². The summed E-state index contributed by atoms with van der Waals surface area (Å²) in [6.45, 7) is 5.57. The smallest absolute Gasteiger partial charge is 0.273 e. The monoisotopic (exact) mass is 303 g/mol. The van der Waals surface area contributed by atoms with Crippen molar-refractivity contribution in [3.8, 4) is 5.69 Å². The number of carbonyl (C=O) groups excluding carboxylic acids is 1. The highest BCUT2D eigenvalue weighted by Gasteiger charge is 2.19. The van der Waals surface area contributed by atoms with E-state index >= 15 is 0 Å². The fraction of sp³-hybridized carbons (Fsp3) is 0.357. The Morgan fingerprint density at radius 2 is 2.23 bits per heavy atom. The molecule has 22 heavy (non-hydrogen) atoms. The summed E-state index contributed by atoms with van der Waals surface area (Å²) in [5.41, 5.74) is 1.19. The molecular formula is C14H17N5O3. The van der Waals surface area contributed by atoms with E-state index in [9.17, 15) is 14.9 Å². The highest BCUT2D eigenvalue weighted by molar-refractivity contribution is 5.93. The maximum absolute atomic E-state index is 12.1. The summed E-state index contributed by atoms with van der Waals surface area (Å²) < 4.78 is 1.42. The van der Waals surface area contributed by atoms with Crippen LogP contribution in [-0.4, -0.2) is 31.9 Å². The van der Waals surface area contributed by atoms with Crippen LogP contribution in [0.5, 0.6) is 0 Å². The van der Waals surface area contributed by atoms with Crippen LogP contribution in [0.1, 0.15) is 36.5 Å². The molecule has 8 heteroatoms. The van der Waals surface area contributed by atoms with Crippen LogP contribution in [0.25, 0.3) is 5.69 Å². The lowest BCUT2D eigenvalue weighted by atomic mass is 10.2. The second-order valence-corrected chi connectivity index (χ2v) is 4.99. The molecule has 1 N–H and O–H groups in total. The van der Waals surface area contributed by atoms with Gasteiger partial charge in [-0.05, 0) is 26.3 Å². The molecule has 0 radical (unpaired) electrons. The number of nitrogens with one attached hydrogen (secondary N) is 1. The van der Waals surface area contributed by atoms with Gasteiger partial charge in [0.15, 0.2) is 5.69 Å². The lowest BCUT2D eigenvalue weighted by Gasteiger charge is -2.10. The summed E-state index contributed by atoms with van der Waals surface area (Å²) >= 11 is 0. The fourth-order valence-corrected chi connectivity index (χ4v) is 1.92. The first kappa shape index (κ1) is 15.6. The summed E-state index contributed by atoms with van der Waals surface area (Å²) in [4.78, 5) is 22.5. The van der Waals surface area contributed by atoms with Crippen LogP contribution in [0.2, 0.25) is 0 Å². The Hall–Kier alpha value is -2.77. The topological polar surface area (TPSA) is 103 Å². The van der Waals surface area contributed by atoms with E-state index in [-0.39, 0.29) is 23.3 Å². The molecule has 1 heterocycles. The van der Waals surface area contributed by atoms with Crippen molar-refractivity contribution in [2.24, 2.45) is 0 Å². The van der Waals surface area contributed by atoms with Gasteiger partial charge in [0.25, 0.3) is 11.6 Å². The van der Waals surface area contributed by atoms with E-state index in [0.717, 1.165) is 6.42 Å². The summed E-state index contributed by atoms with van der Waals surface area (Å²) in [5, 5.41) is 21.5. The number of aromatic nitrogens is 3. The van der Waals surface area contributed by atoms with Crippen LogP contribution in [-0.2, 0) is 0 Å². The maximum Gasteiger partial charge on any atom is 0.273 e. The Kier molecular flexibility index (Phi) is 4.50. The van der Waals surface area contributed by atoms with Crippen LogP contribution in [0, 0.1) is 17.0 Å². The number of hydrogen-bond donors (Lipinski definition) is 1. The Balaban J connectivity index is 2.33. The molecule has 0 aliphatic rings. The van der Waals surface area contributed by atoms with Gasteiger partial charge in [0.1, 0.15) is 0 Å². The minimum Gasteiger partial charge on any atom is -0.348 e. The number of carbonyl (C=O) groups is 1. The predicted molar refractivity (Wildman–Crippen MR) is 80.0 cm³/mol. The van der Waals surface area contributed by atoms with Gasteiger partial charge >= 0.3 is 0 Å². The van der Waals surface area contributed by atoms with Crippen LogP contribution in [0.3, 0.4) is 0 Å². The van der Waals surface area contributed by atoms with Gasteiger partial charge in [-0.3, -0.25) is 14.9 Å². The van der Waals surface area contributed by atoms with Crippen LogP contribution < -0.4 is 5.32 Å². The summed E-state index contributed by atoms with van der Waals surface area (Å²) in [7, 11) is 0. The van der Waals surface area contributed by atoms with Crippen molar-refractivity contribution in [3.63, 3.8) is 0 Å². The number of nitro groups is 1. The molecule has 1 amide bonds. The Labute approximate surface area is 127 Å². The lowest BCUT2D eigenvalue weighted by Crippen LogP contribution is -2.32. The van der Waals surface area contributed by atoms with E-state index in [4.69, 9.17) is 0 Å². The quantitative estimate of drug-likeness (QED) is 0.672. The molecule has 8 nitrogen and oxygen atoms in total. The molecule has 116 valence electrons. The first-order chi connectivity index (χ1) is 10.4. The Morgan fingerprint density at radius 3 is 2.86 bits per heavy atom. The van der Waals surface area contributed by atoms with E-state index in [1.807, 2.05) is 13.8 Å². The largest absolute Gasteiger partial charge is 0.348 e. The number of rotatable bonds is 5. The molecule has 0 fully saturated rings. The van der Waals surface area contributed by atoms with E-state index < -0.39 is 4.92 Å². The standard InChI is InChI=1S/C14H17N5O3/c1-4-9(2)15-14(20)13-10(3)18(17-16-13)11-6-5-7-12(8-11)19(21)22/h5-9H,4H2,1-3H3,(H,15,20). The van der Waals surface area contributed by atoms with E-state index in [1.165, 1.54) is 16.8 Å². The summed E-state index contributed by atoms with van der Waals surface area (Å²) in [6, 6.07) is 6.05. The lowest BCUT2D eigenvalue weighted by molar-refractivity contribution is -0.384. The number of hydrogen-bond acceptors (Lipinski definition) is 5. The van der Waals surface area contributed by atoms with Crippen LogP contribution in [0.15, 0.2) is 24.3 Å². The van der Waals surface area contributed by atoms with Gasteiger partial charge in [-0.2, -0.15) is 0 Å². The molecule has 0 spiro atoms. The zero-order valence-electron chi connectivity index (χ0n) is 12.6. The molecule has 0 saturated heterocycles. The third kappa shape index (κ3) is 3.11. The van der Waals surface area contributed by atoms with Gasteiger partial charge < -0.3 is 5.32 Å². The molecule has 0 bridgehead atoms. The molecule has 1 aromatic carbocycles. The van der Waals surface area contributed by atoms with Gasteiger partial charge in [-0.25, -0.2) is 4.68 Å². The van der Waals surface area contributed by atoms with Crippen molar-refractivity contribution < 1.29 is 9.72 Å². The van der Waals surface area contributed by atoms with Crippen molar-refractivity contribution in [1.82, 2.24) is 20.3 Å². The number of amides is 1. The molecular weight excluding hydrogens is 286 g/mol. The van der Waals surface area contributed by atoms with Crippen LogP contribution >= 0.6 is 0 Å².